The Hall–Kier alpha value is -1.06. The fraction of sp³-hybridized carbons (Fsp3) is 0.667. The van der Waals surface area contributed by atoms with E-state index >= 15 is 0 Å². The van der Waals surface area contributed by atoms with Crippen LogP contribution in [0, 0.1) is 19.8 Å². The summed E-state index contributed by atoms with van der Waals surface area (Å²) in [4.78, 5) is 0. The number of aliphatic hydroxyl groups excluding tert-OH is 1. The molecule has 3 nitrogen and oxygen atoms in total. The molecule has 0 heterocycles. The van der Waals surface area contributed by atoms with Crippen molar-refractivity contribution < 1.29 is 9.84 Å². The van der Waals surface area contributed by atoms with E-state index < -0.39 is 6.10 Å². The Balaban J connectivity index is 1.70. The minimum Gasteiger partial charge on any atom is -0.389 e. The van der Waals surface area contributed by atoms with Gasteiger partial charge in [0.05, 0.1) is 18.8 Å². The van der Waals surface area contributed by atoms with Gasteiger partial charge in [0.1, 0.15) is 0 Å². The van der Waals surface area contributed by atoms with Gasteiger partial charge in [0.25, 0.3) is 0 Å². The van der Waals surface area contributed by atoms with E-state index in [4.69, 9.17) is 4.74 Å². The highest BCUT2D eigenvalue weighted by Crippen LogP contribution is 2.25. The zero-order chi connectivity index (χ0) is 15.2. The normalized spacial score (nSPS) is 23.8. The van der Waals surface area contributed by atoms with Gasteiger partial charge in [-0.05, 0) is 62.6 Å². The van der Waals surface area contributed by atoms with Gasteiger partial charge in [-0.3, -0.25) is 0 Å². The molecule has 3 heteroatoms. The van der Waals surface area contributed by atoms with Crippen LogP contribution in [0.4, 0.5) is 5.69 Å². The second-order valence-corrected chi connectivity index (χ2v) is 6.50. The van der Waals surface area contributed by atoms with Gasteiger partial charge in [0, 0.05) is 12.2 Å². The summed E-state index contributed by atoms with van der Waals surface area (Å²) in [7, 11) is 0. The molecule has 1 aromatic rings. The van der Waals surface area contributed by atoms with E-state index in [1.807, 2.05) is 6.07 Å². The van der Waals surface area contributed by atoms with E-state index in [9.17, 15) is 5.11 Å². The molecule has 21 heavy (non-hydrogen) atoms. The largest absolute Gasteiger partial charge is 0.389 e. The van der Waals surface area contributed by atoms with Gasteiger partial charge in [-0.1, -0.05) is 19.1 Å². The molecule has 0 aromatic heterocycles. The van der Waals surface area contributed by atoms with Crippen LogP contribution >= 0.6 is 0 Å². The van der Waals surface area contributed by atoms with Gasteiger partial charge in [-0.2, -0.15) is 0 Å². The molecule has 0 saturated heterocycles. The van der Waals surface area contributed by atoms with Gasteiger partial charge in [-0.15, -0.1) is 0 Å². The lowest BCUT2D eigenvalue weighted by atomic mass is 9.89. The van der Waals surface area contributed by atoms with Crippen LogP contribution < -0.4 is 5.32 Å². The Labute approximate surface area is 128 Å². The minimum absolute atomic E-state index is 0.344. The number of benzene rings is 1. The highest BCUT2D eigenvalue weighted by atomic mass is 16.5. The van der Waals surface area contributed by atoms with Crippen LogP contribution in [0.3, 0.4) is 0 Å². The number of anilines is 1. The molecule has 2 rings (SSSR count). The molecule has 0 spiro atoms. The summed E-state index contributed by atoms with van der Waals surface area (Å²) in [5, 5.41) is 13.4. The predicted molar refractivity (Wildman–Crippen MR) is 87.8 cm³/mol. The predicted octanol–water partition coefficient (Wildman–Crippen LogP) is 3.67. The number of hydrogen-bond acceptors (Lipinski definition) is 3. The molecule has 0 bridgehead atoms. The standard InChI is InChI=1S/C18H29NO2/c1-13-7-9-17(10-8-13)21-12-16(20)11-19-18-6-4-5-14(2)15(18)3/h4-6,13,16-17,19-20H,7-12H2,1-3H3. The topological polar surface area (TPSA) is 41.5 Å². The zero-order valence-corrected chi connectivity index (χ0v) is 13.6. The summed E-state index contributed by atoms with van der Waals surface area (Å²) < 4.78 is 5.85. The third kappa shape index (κ3) is 5.01. The van der Waals surface area contributed by atoms with Crippen molar-refractivity contribution in [3.05, 3.63) is 29.3 Å². The number of aryl methyl sites for hydroxylation is 1. The van der Waals surface area contributed by atoms with Crippen molar-refractivity contribution in [2.75, 3.05) is 18.5 Å². The fourth-order valence-electron chi connectivity index (χ4n) is 2.87. The SMILES string of the molecule is Cc1cccc(NCC(O)COC2CCC(C)CC2)c1C. The second-order valence-electron chi connectivity index (χ2n) is 6.50. The molecular formula is C18H29NO2. The first kappa shape index (κ1) is 16.3. The summed E-state index contributed by atoms with van der Waals surface area (Å²) >= 11 is 0. The van der Waals surface area contributed by atoms with Crippen LogP contribution in [0.1, 0.15) is 43.7 Å². The summed E-state index contributed by atoms with van der Waals surface area (Å²) in [5.74, 6) is 0.834. The second kappa shape index (κ2) is 7.81. The molecule has 1 saturated carbocycles. The van der Waals surface area contributed by atoms with Gasteiger partial charge in [0.15, 0.2) is 0 Å². The van der Waals surface area contributed by atoms with E-state index in [2.05, 4.69) is 38.2 Å². The fourth-order valence-corrected chi connectivity index (χ4v) is 2.87. The van der Waals surface area contributed by atoms with Crippen molar-refractivity contribution in [3.63, 3.8) is 0 Å². The number of ether oxygens (including phenoxy) is 1. The lowest BCUT2D eigenvalue weighted by Crippen LogP contribution is -2.29. The monoisotopic (exact) mass is 291 g/mol. The smallest absolute Gasteiger partial charge is 0.0945 e. The number of aliphatic hydroxyl groups is 1. The molecule has 1 atom stereocenters. The maximum atomic E-state index is 10.1. The quantitative estimate of drug-likeness (QED) is 0.840. The lowest BCUT2D eigenvalue weighted by molar-refractivity contribution is -0.0245. The van der Waals surface area contributed by atoms with Crippen molar-refractivity contribution >= 4 is 5.69 Å². The Bertz CT molecular complexity index is 439. The van der Waals surface area contributed by atoms with Crippen molar-refractivity contribution in [1.29, 1.82) is 0 Å². The molecular weight excluding hydrogens is 262 g/mol. The van der Waals surface area contributed by atoms with Crippen LogP contribution in [-0.2, 0) is 4.74 Å². The van der Waals surface area contributed by atoms with Gasteiger partial charge in [-0.25, -0.2) is 0 Å². The van der Waals surface area contributed by atoms with Gasteiger partial charge < -0.3 is 15.2 Å². The van der Waals surface area contributed by atoms with Crippen molar-refractivity contribution in [2.24, 2.45) is 5.92 Å². The van der Waals surface area contributed by atoms with Crippen LogP contribution in [-0.4, -0.2) is 30.5 Å². The van der Waals surface area contributed by atoms with Gasteiger partial charge >= 0.3 is 0 Å². The van der Waals surface area contributed by atoms with Crippen LogP contribution in [0.5, 0.6) is 0 Å². The summed E-state index contributed by atoms with van der Waals surface area (Å²) in [6.07, 6.45) is 4.67. The van der Waals surface area contributed by atoms with Crippen LogP contribution in [0.25, 0.3) is 0 Å². The average Bonchev–Trinajstić information content (AvgIpc) is 2.48. The molecule has 118 valence electrons. The maximum Gasteiger partial charge on any atom is 0.0945 e. The van der Waals surface area contributed by atoms with E-state index in [0.29, 0.717) is 19.3 Å². The molecule has 2 N–H and O–H groups in total. The van der Waals surface area contributed by atoms with Gasteiger partial charge in [0.2, 0.25) is 0 Å². The Morgan fingerprint density at radius 2 is 1.95 bits per heavy atom. The molecule has 1 fully saturated rings. The van der Waals surface area contributed by atoms with Crippen LogP contribution in [0.2, 0.25) is 0 Å². The van der Waals surface area contributed by atoms with E-state index in [0.717, 1.165) is 24.4 Å². The number of nitrogens with one attached hydrogen (secondary N) is 1. The summed E-state index contributed by atoms with van der Waals surface area (Å²) in [5.41, 5.74) is 3.61. The van der Waals surface area contributed by atoms with E-state index in [1.54, 1.807) is 0 Å². The molecule has 1 aromatic carbocycles. The van der Waals surface area contributed by atoms with Crippen molar-refractivity contribution in [2.45, 2.75) is 58.7 Å². The molecule has 0 amide bonds. The Kier molecular flexibility index (Phi) is 6.07. The first-order chi connectivity index (χ1) is 10.1. The first-order valence-electron chi connectivity index (χ1n) is 8.16. The highest BCUT2D eigenvalue weighted by Gasteiger charge is 2.19. The lowest BCUT2D eigenvalue weighted by Gasteiger charge is -2.27. The van der Waals surface area contributed by atoms with E-state index in [1.165, 1.54) is 24.0 Å². The number of hydrogen-bond donors (Lipinski definition) is 2. The molecule has 1 aliphatic rings. The first-order valence-corrected chi connectivity index (χ1v) is 8.16. The molecule has 0 aliphatic heterocycles. The molecule has 1 aliphatic carbocycles. The third-order valence-electron chi connectivity index (χ3n) is 4.62. The Morgan fingerprint density at radius 3 is 2.67 bits per heavy atom. The summed E-state index contributed by atoms with van der Waals surface area (Å²) in [6, 6.07) is 6.19. The van der Waals surface area contributed by atoms with E-state index in [-0.39, 0.29) is 0 Å². The minimum atomic E-state index is -0.454. The van der Waals surface area contributed by atoms with Crippen molar-refractivity contribution in [3.8, 4) is 0 Å². The average molecular weight is 291 g/mol. The highest BCUT2D eigenvalue weighted by molar-refractivity contribution is 5.53. The number of rotatable bonds is 6. The summed E-state index contributed by atoms with van der Waals surface area (Å²) in [6.45, 7) is 7.47. The van der Waals surface area contributed by atoms with Crippen LogP contribution in [0.15, 0.2) is 18.2 Å². The maximum absolute atomic E-state index is 10.1. The zero-order valence-electron chi connectivity index (χ0n) is 13.6. The third-order valence-corrected chi connectivity index (χ3v) is 4.62. The van der Waals surface area contributed by atoms with Crippen molar-refractivity contribution in [1.82, 2.24) is 0 Å². The Morgan fingerprint density at radius 1 is 1.24 bits per heavy atom. The molecule has 0 radical (unpaired) electrons. The molecule has 1 unspecified atom stereocenters.